The van der Waals surface area contributed by atoms with Gasteiger partial charge in [-0.05, 0) is 26.7 Å². The lowest BCUT2D eigenvalue weighted by atomic mass is 10.1. The molecule has 0 aromatic rings. The number of rotatable bonds is 4. The van der Waals surface area contributed by atoms with Gasteiger partial charge in [0.15, 0.2) is 5.96 Å². The first kappa shape index (κ1) is 14.2. The van der Waals surface area contributed by atoms with Crippen LogP contribution in [0.15, 0.2) is 4.99 Å². The Morgan fingerprint density at radius 3 is 2.27 bits per heavy atom. The minimum Gasteiger partial charge on any atom is -0.382 e. The third-order valence-corrected chi connectivity index (χ3v) is 1.91. The van der Waals surface area contributed by atoms with E-state index in [4.69, 9.17) is 10.5 Å². The van der Waals surface area contributed by atoms with Crippen molar-refractivity contribution in [3.05, 3.63) is 0 Å². The first-order chi connectivity index (χ1) is 6.76. The molecule has 1 unspecified atom stereocenters. The molecule has 0 bridgehead atoms. The van der Waals surface area contributed by atoms with Crippen LogP contribution in [0.3, 0.4) is 0 Å². The van der Waals surface area contributed by atoms with Gasteiger partial charge in [0.05, 0.1) is 12.6 Å². The summed E-state index contributed by atoms with van der Waals surface area (Å²) in [5, 5.41) is 3.14. The van der Waals surface area contributed by atoms with E-state index in [1.54, 1.807) is 7.11 Å². The second kappa shape index (κ2) is 5.95. The molecule has 0 rings (SSSR count). The first-order valence-corrected chi connectivity index (χ1v) is 5.36. The van der Waals surface area contributed by atoms with Gasteiger partial charge in [0.25, 0.3) is 0 Å². The highest BCUT2D eigenvalue weighted by Gasteiger charge is 2.15. The number of aliphatic imine (C=N–C) groups is 1. The summed E-state index contributed by atoms with van der Waals surface area (Å²) in [6, 6.07) is 0.116. The lowest BCUT2D eigenvalue weighted by molar-refractivity contribution is 0.164. The predicted octanol–water partition coefficient (Wildman–Crippen LogP) is 1.36. The monoisotopic (exact) mass is 215 g/mol. The van der Waals surface area contributed by atoms with Crippen LogP contribution in [0.2, 0.25) is 0 Å². The maximum absolute atomic E-state index is 5.81. The number of hydrogen-bond acceptors (Lipinski definition) is 2. The number of nitrogens with two attached hydrogens (primary N) is 1. The maximum Gasteiger partial charge on any atom is 0.189 e. The molecule has 0 aliphatic carbocycles. The number of methoxy groups -OCH3 is 1. The lowest BCUT2D eigenvalue weighted by Crippen LogP contribution is -2.46. The van der Waals surface area contributed by atoms with Crippen LogP contribution in [0.4, 0.5) is 0 Å². The molecule has 0 aromatic carbocycles. The summed E-state index contributed by atoms with van der Waals surface area (Å²) in [7, 11) is 1.68. The van der Waals surface area contributed by atoms with Gasteiger partial charge in [-0.3, -0.25) is 0 Å². The molecule has 3 N–H and O–H groups in total. The van der Waals surface area contributed by atoms with Crippen LogP contribution in [-0.4, -0.2) is 31.3 Å². The third-order valence-electron chi connectivity index (χ3n) is 1.91. The topological polar surface area (TPSA) is 59.6 Å². The maximum atomic E-state index is 5.81. The van der Waals surface area contributed by atoms with E-state index in [1.807, 2.05) is 0 Å². The van der Waals surface area contributed by atoms with Gasteiger partial charge in [-0.2, -0.15) is 0 Å². The standard InChI is InChI=1S/C11H25N3O/c1-8(2)9(7-15-6)13-10(12)14-11(3,4)5/h8-9H,7H2,1-6H3,(H3,12,13,14). The SMILES string of the molecule is COCC(N=C(N)NC(C)(C)C)C(C)C. The van der Waals surface area contributed by atoms with E-state index in [9.17, 15) is 0 Å². The van der Waals surface area contributed by atoms with Crippen molar-refractivity contribution in [1.29, 1.82) is 0 Å². The molecule has 15 heavy (non-hydrogen) atoms. The summed E-state index contributed by atoms with van der Waals surface area (Å²) in [5.41, 5.74) is 5.76. The van der Waals surface area contributed by atoms with Crippen molar-refractivity contribution in [1.82, 2.24) is 5.32 Å². The second-order valence-corrected chi connectivity index (χ2v) is 5.16. The van der Waals surface area contributed by atoms with Crippen LogP contribution in [0, 0.1) is 5.92 Å². The molecular weight excluding hydrogens is 190 g/mol. The minimum absolute atomic E-state index is 0.0534. The van der Waals surface area contributed by atoms with E-state index in [1.165, 1.54) is 0 Å². The van der Waals surface area contributed by atoms with Gasteiger partial charge in [0, 0.05) is 12.6 Å². The van der Waals surface area contributed by atoms with E-state index in [-0.39, 0.29) is 11.6 Å². The average Bonchev–Trinajstić information content (AvgIpc) is 1.99. The van der Waals surface area contributed by atoms with Gasteiger partial charge >= 0.3 is 0 Å². The van der Waals surface area contributed by atoms with Gasteiger partial charge in [-0.1, -0.05) is 13.8 Å². The van der Waals surface area contributed by atoms with Crippen LogP contribution >= 0.6 is 0 Å². The van der Waals surface area contributed by atoms with Crippen molar-refractivity contribution < 1.29 is 4.74 Å². The number of guanidine groups is 1. The van der Waals surface area contributed by atoms with Crippen molar-refractivity contribution in [3.8, 4) is 0 Å². The highest BCUT2D eigenvalue weighted by molar-refractivity contribution is 5.78. The fourth-order valence-corrected chi connectivity index (χ4v) is 1.14. The highest BCUT2D eigenvalue weighted by Crippen LogP contribution is 2.07. The zero-order chi connectivity index (χ0) is 12.1. The van der Waals surface area contributed by atoms with Crippen LogP contribution in [-0.2, 0) is 4.74 Å². The minimum atomic E-state index is -0.0534. The van der Waals surface area contributed by atoms with E-state index < -0.39 is 0 Å². The van der Waals surface area contributed by atoms with Crippen LogP contribution in [0.25, 0.3) is 0 Å². The molecule has 0 saturated carbocycles. The molecule has 0 aliphatic heterocycles. The van der Waals surface area contributed by atoms with Crippen LogP contribution in [0.5, 0.6) is 0 Å². The molecule has 0 aromatic heterocycles. The third kappa shape index (κ3) is 7.19. The summed E-state index contributed by atoms with van der Waals surface area (Å²) < 4.78 is 5.11. The fourth-order valence-electron chi connectivity index (χ4n) is 1.14. The molecule has 4 nitrogen and oxygen atoms in total. The Labute approximate surface area is 93.3 Å². The molecule has 0 heterocycles. The Bertz CT molecular complexity index is 206. The summed E-state index contributed by atoms with van der Waals surface area (Å²) >= 11 is 0. The molecule has 4 heteroatoms. The predicted molar refractivity (Wildman–Crippen MR) is 65.0 cm³/mol. The zero-order valence-electron chi connectivity index (χ0n) is 10.8. The van der Waals surface area contributed by atoms with Crippen LogP contribution in [0.1, 0.15) is 34.6 Å². The molecule has 0 spiro atoms. The zero-order valence-corrected chi connectivity index (χ0v) is 10.8. The molecular formula is C11H25N3O. The fraction of sp³-hybridized carbons (Fsp3) is 0.909. The van der Waals surface area contributed by atoms with E-state index in [0.29, 0.717) is 18.5 Å². The summed E-state index contributed by atoms with van der Waals surface area (Å²) in [5.74, 6) is 0.906. The van der Waals surface area contributed by atoms with Gasteiger partial charge in [-0.15, -0.1) is 0 Å². The smallest absolute Gasteiger partial charge is 0.189 e. The van der Waals surface area contributed by atoms with E-state index in [0.717, 1.165) is 0 Å². The van der Waals surface area contributed by atoms with Crippen molar-refractivity contribution in [2.24, 2.45) is 16.6 Å². The summed E-state index contributed by atoms with van der Waals surface area (Å²) in [4.78, 5) is 4.41. The first-order valence-electron chi connectivity index (χ1n) is 5.36. The molecule has 0 aliphatic rings. The molecule has 90 valence electrons. The second-order valence-electron chi connectivity index (χ2n) is 5.16. The Balaban J connectivity index is 4.40. The Morgan fingerprint density at radius 1 is 1.40 bits per heavy atom. The number of ether oxygens (including phenoxy) is 1. The van der Waals surface area contributed by atoms with Crippen molar-refractivity contribution in [2.45, 2.75) is 46.2 Å². The lowest BCUT2D eigenvalue weighted by Gasteiger charge is -2.23. The summed E-state index contributed by atoms with van der Waals surface area (Å²) in [6.07, 6.45) is 0. The Kier molecular flexibility index (Phi) is 5.65. The average molecular weight is 215 g/mol. The van der Waals surface area contributed by atoms with E-state index >= 15 is 0 Å². The number of nitrogens with one attached hydrogen (secondary N) is 1. The molecule has 1 atom stereocenters. The van der Waals surface area contributed by atoms with Crippen LogP contribution < -0.4 is 11.1 Å². The molecule has 0 saturated heterocycles. The molecule has 0 fully saturated rings. The quantitative estimate of drug-likeness (QED) is 0.550. The normalized spacial score (nSPS) is 15.5. The van der Waals surface area contributed by atoms with Gasteiger partial charge in [0.1, 0.15) is 0 Å². The Hall–Kier alpha value is -0.770. The van der Waals surface area contributed by atoms with Crippen molar-refractivity contribution in [2.75, 3.05) is 13.7 Å². The Morgan fingerprint density at radius 2 is 1.93 bits per heavy atom. The van der Waals surface area contributed by atoms with Gasteiger partial charge < -0.3 is 15.8 Å². The van der Waals surface area contributed by atoms with Crippen molar-refractivity contribution >= 4 is 5.96 Å². The van der Waals surface area contributed by atoms with E-state index in [2.05, 4.69) is 44.9 Å². The van der Waals surface area contributed by atoms with Gasteiger partial charge in [-0.25, -0.2) is 4.99 Å². The number of nitrogens with zero attached hydrogens (tertiary/aromatic N) is 1. The molecule has 0 amide bonds. The summed E-state index contributed by atoms with van der Waals surface area (Å²) in [6.45, 7) is 11.0. The highest BCUT2D eigenvalue weighted by atomic mass is 16.5. The van der Waals surface area contributed by atoms with Gasteiger partial charge in [0.2, 0.25) is 0 Å². The van der Waals surface area contributed by atoms with Crippen molar-refractivity contribution in [3.63, 3.8) is 0 Å². The number of hydrogen-bond donors (Lipinski definition) is 2. The largest absolute Gasteiger partial charge is 0.382 e. The molecule has 0 radical (unpaired) electrons.